The van der Waals surface area contributed by atoms with E-state index in [9.17, 15) is 19.2 Å². The van der Waals surface area contributed by atoms with Crippen LogP contribution in [0.4, 0.5) is 0 Å². The maximum atomic E-state index is 12.8. The number of nitrogens with zero attached hydrogens (tertiary/aromatic N) is 1. The van der Waals surface area contributed by atoms with Crippen molar-refractivity contribution < 1.29 is 28.7 Å². The van der Waals surface area contributed by atoms with Gasteiger partial charge in [0.2, 0.25) is 11.8 Å². The zero-order valence-corrected chi connectivity index (χ0v) is 40.3. The Kier molecular flexibility index (Phi) is 43.3. The number of hydrogen-bond donors (Lipinski definition) is 2. The summed E-state index contributed by atoms with van der Waals surface area (Å²) < 4.78 is 11.9. The van der Waals surface area contributed by atoms with Gasteiger partial charge in [0.1, 0.15) is 18.6 Å². The first-order chi connectivity index (χ1) is 29.3. The van der Waals surface area contributed by atoms with E-state index < -0.39 is 0 Å². The topological polar surface area (TPSA) is 114 Å². The van der Waals surface area contributed by atoms with E-state index in [4.69, 9.17) is 9.47 Å². The lowest BCUT2D eigenvalue weighted by atomic mass is 10.0. The maximum Gasteiger partial charge on any atom is 0.306 e. The lowest BCUT2D eigenvalue weighted by Crippen LogP contribution is -2.33. The van der Waals surface area contributed by atoms with Crippen LogP contribution in [0, 0.1) is 0 Å². The van der Waals surface area contributed by atoms with Gasteiger partial charge in [0.15, 0.2) is 0 Å². The lowest BCUT2D eigenvalue weighted by Gasteiger charge is -2.22. The van der Waals surface area contributed by atoms with Gasteiger partial charge in [-0.1, -0.05) is 163 Å². The van der Waals surface area contributed by atoms with Crippen LogP contribution in [0.2, 0.25) is 0 Å². The van der Waals surface area contributed by atoms with E-state index in [2.05, 4.69) is 43.2 Å². The summed E-state index contributed by atoms with van der Waals surface area (Å²) in [5, 5.41) is 5.38. The third kappa shape index (κ3) is 39.9. The van der Waals surface area contributed by atoms with Crippen LogP contribution in [0.3, 0.4) is 0 Å². The van der Waals surface area contributed by atoms with Crippen LogP contribution in [0.5, 0.6) is 0 Å². The molecule has 0 aliphatic rings. The molecule has 0 bridgehead atoms. The second-order valence-electron chi connectivity index (χ2n) is 17.7. The number of esters is 2. The number of amides is 2. The van der Waals surface area contributed by atoms with Gasteiger partial charge in [-0.15, -0.1) is 0 Å². The minimum absolute atomic E-state index is 0.00516. The van der Waals surface area contributed by atoms with E-state index >= 15 is 0 Å². The summed E-state index contributed by atoms with van der Waals surface area (Å²) in [6.07, 6.45) is 39.3. The molecule has 0 radical (unpaired) electrons. The highest BCUT2D eigenvalue weighted by Gasteiger charge is 2.15. The molecule has 0 rings (SSSR count). The highest BCUT2D eigenvalue weighted by atomic mass is 16.5. The Labute approximate surface area is 371 Å². The summed E-state index contributed by atoms with van der Waals surface area (Å²) in [5.41, 5.74) is 0. The fourth-order valence-electron chi connectivity index (χ4n) is 7.99. The standard InChI is InChI=1S/C51H99N3O6/c1-6-10-13-16-21-28-36-46(9-4)59-50(57)39-31-24-19-26-33-42-54(44-35-41-53-49(56)45-48(55)52-5)43-34-27-20-25-32-40-51(58)60-47(37-29-22-17-14-11-7-2)38-30-23-18-15-12-8-3/h46-47H,6-45H2,1-5H3,(H,52,55)(H,53,56). The first kappa shape index (κ1) is 57.8. The molecule has 0 saturated carbocycles. The average molecular weight is 850 g/mol. The molecule has 1 atom stereocenters. The van der Waals surface area contributed by atoms with Crippen molar-refractivity contribution in [2.24, 2.45) is 0 Å². The summed E-state index contributed by atoms with van der Waals surface area (Å²) >= 11 is 0. The molecular weight excluding hydrogens is 751 g/mol. The van der Waals surface area contributed by atoms with Crippen molar-refractivity contribution in [2.45, 2.75) is 271 Å². The SMILES string of the molecule is CCCCCCCCC(CC)OC(=O)CCCCCCCN(CCCCCCCC(=O)OC(CCCCCCCC)CCCCCCCC)CCCNC(=O)CC(=O)NC. The second-order valence-corrected chi connectivity index (χ2v) is 17.7. The third-order valence-electron chi connectivity index (χ3n) is 12.0. The molecule has 9 nitrogen and oxygen atoms in total. The zero-order chi connectivity index (χ0) is 44.2. The monoisotopic (exact) mass is 850 g/mol. The molecule has 0 fully saturated rings. The minimum Gasteiger partial charge on any atom is -0.462 e. The fourth-order valence-corrected chi connectivity index (χ4v) is 7.99. The molecule has 0 aromatic heterocycles. The lowest BCUT2D eigenvalue weighted by molar-refractivity contribution is -0.150. The summed E-state index contributed by atoms with van der Waals surface area (Å²) in [5.74, 6) is -0.544. The molecule has 0 spiro atoms. The van der Waals surface area contributed by atoms with E-state index in [1.165, 1.54) is 96.3 Å². The number of nitrogens with one attached hydrogen (secondary N) is 2. The van der Waals surface area contributed by atoms with Gasteiger partial charge in [-0.05, 0) is 96.7 Å². The van der Waals surface area contributed by atoms with E-state index in [0.717, 1.165) is 135 Å². The number of ether oxygens (including phenoxy) is 2. The molecular formula is C51H99N3O6. The molecule has 0 heterocycles. The molecule has 9 heteroatoms. The van der Waals surface area contributed by atoms with Crippen molar-refractivity contribution in [3.63, 3.8) is 0 Å². The van der Waals surface area contributed by atoms with Crippen molar-refractivity contribution in [3.05, 3.63) is 0 Å². The van der Waals surface area contributed by atoms with E-state index in [1.54, 1.807) is 7.05 Å². The van der Waals surface area contributed by atoms with Crippen LogP contribution in [0.1, 0.15) is 259 Å². The summed E-state index contributed by atoms with van der Waals surface area (Å²) in [4.78, 5) is 51.4. The molecule has 0 aromatic carbocycles. The smallest absolute Gasteiger partial charge is 0.306 e. The number of unbranched alkanes of at least 4 members (excludes halogenated alkanes) is 23. The minimum atomic E-state index is -0.271. The molecule has 2 N–H and O–H groups in total. The van der Waals surface area contributed by atoms with Gasteiger partial charge >= 0.3 is 11.9 Å². The van der Waals surface area contributed by atoms with Crippen LogP contribution in [0.15, 0.2) is 0 Å². The predicted molar refractivity (Wildman–Crippen MR) is 252 cm³/mol. The first-order valence-corrected chi connectivity index (χ1v) is 25.9. The quantitative estimate of drug-likeness (QED) is 0.0356. The fraction of sp³-hybridized carbons (Fsp3) is 0.922. The second kappa shape index (κ2) is 44.9. The maximum absolute atomic E-state index is 12.8. The molecule has 0 aromatic rings. The van der Waals surface area contributed by atoms with Crippen molar-refractivity contribution in [3.8, 4) is 0 Å². The Hall–Kier alpha value is -2.16. The molecule has 0 saturated heterocycles. The molecule has 2 amide bonds. The summed E-state index contributed by atoms with van der Waals surface area (Å²) in [7, 11) is 1.54. The highest BCUT2D eigenvalue weighted by Crippen LogP contribution is 2.19. The zero-order valence-electron chi connectivity index (χ0n) is 40.3. The predicted octanol–water partition coefficient (Wildman–Crippen LogP) is 13.1. The van der Waals surface area contributed by atoms with Crippen LogP contribution >= 0.6 is 0 Å². The van der Waals surface area contributed by atoms with E-state index in [1.807, 2.05) is 0 Å². The molecule has 1 unspecified atom stereocenters. The number of carbonyl (C=O) groups is 4. The van der Waals surface area contributed by atoms with Gasteiger partial charge in [0.05, 0.1) is 0 Å². The molecule has 0 aliphatic heterocycles. The van der Waals surface area contributed by atoms with Gasteiger partial charge in [-0.2, -0.15) is 0 Å². The average Bonchev–Trinajstić information content (AvgIpc) is 3.24. The van der Waals surface area contributed by atoms with Crippen LogP contribution in [0.25, 0.3) is 0 Å². The van der Waals surface area contributed by atoms with Crippen LogP contribution < -0.4 is 10.6 Å². The van der Waals surface area contributed by atoms with E-state index in [-0.39, 0.29) is 42.4 Å². The van der Waals surface area contributed by atoms with Gasteiger partial charge < -0.3 is 25.0 Å². The summed E-state index contributed by atoms with van der Waals surface area (Å²) in [6, 6.07) is 0. The first-order valence-electron chi connectivity index (χ1n) is 25.9. The van der Waals surface area contributed by atoms with Crippen LogP contribution in [-0.2, 0) is 28.7 Å². The Bertz CT molecular complexity index is 978. The van der Waals surface area contributed by atoms with Crippen molar-refractivity contribution in [1.82, 2.24) is 15.5 Å². The Balaban J connectivity index is 4.55. The Morgan fingerprint density at radius 3 is 1.23 bits per heavy atom. The largest absolute Gasteiger partial charge is 0.462 e. The number of hydrogen-bond acceptors (Lipinski definition) is 7. The third-order valence-corrected chi connectivity index (χ3v) is 12.0. The summed E-state index contributed by atoms with van der Waals surface area (Å²) in [6.45, 7) is 12.4. The number of rotatable bonds is 46. The van der Waals surface area contributed by atoms with Crippen LogP contribution in [-0.4, -0.2) is 74.1 Å². The van der Waals surface area contributed by atoms with Gasteiger partial charge in [-0.3, -0.25) is 19.2 Å². The van der Waals surface area contributed by atoms with E-state index in [0.29, 0.717) is 19.4 Å². The Morgan fingerprint density at radius 2 is 0.800 bits per heavy atom. The molecule has 0 aliphatic carbocycles. The van der Waals surface area contributed by atoms with Crippen molar-refractivity contribution >= 4 is 23.8 Å². The van der Waals surface area contributed by atoms with Crippen molar-refractivity contribution in [1.29, 1.82) is 0 Å². The van der Waals surface area contributed by atoms with Gasteiger partial charge in [0, 0.05) is 26.4 Å². The Morgan fingerprint density at radius 1 is 0.433 bits per heavy atom. The normalized spacial score (nSPS) is 11.9. The highest BCUT2D eigenvalue weighted by molar-refractivity contribution is 5.96. The van der Waals surface area contributed by atoms with Gasteiger partial charge in [0.25, 0.3) is 0 Å². The number of carbonyl (C=O) groups excluding carboxylic acids is 4. The van der Waals surface area contributed by atoms with Crippen molar-refractivity contribution in [2.75, 3.05) is 33.2 Å². The molecule has 60 heavy (non-hydrogen) atoms. The molecule has 354 valence electrons. The van der Waals surface area contributed by atoms with Gasteiger partial charge in [-0.25, -0.2) is 0 Å².